The standard InChI is InChI=1S/C54H35NO/c1-2-10-36(11-3-1)37-20-28-42(29-21-37)55(43-30-22-40(23-31-43)46-16-8-18-49-45-14-6-4-12-38(45)26-34-50(46)49)44-32-24-41(25-33-44)47-17-9-19-52-53(47)51-35-27-39-13-5-7-15-48(39)54(51)56-52/h1-35H. The molecule has 2 heteroatoms. The van der Waals surface area contributed by atoms with E-state index in [0.29, 0.717) is 0 Å². The minimum atomic E-state index is 0.900. The van der Waals surface area contributed by atoms with Crippen LogP contribution in [0.1, 0.15) is 0 Å². The highest BCUT2D eigenvalue weighted by atomic mass is 16.3. The third-order valence-electron chi connectivity index (χ3n) is 11.3. The van der Waals surface area contributed by atoms with Gasteiger partial charge in [-0.3, -0.25) is 0 Å². The molecule has 0 fully saturated rings. The number of fused-ring (bicyclic) bond motifs is 8. The quantitative estimate of drug-likeness (QED) is 0.160. The van der Waals surface area contributed by atoms with Crippen molar-refractivity contribution in [2.75, 3.05) is 4.90 Å². The van der Waals surface area contributed by atoms with Crippen molar-refractivity contribution in [3.05, 3.63) is 212 Å². The molecular formula is C54H35NO. The molecule has 0 spiro atoms. The van der Waals surface area contributed by atoms with Crippen LogP contribution >= 0.6 is 0 Å². The first kappa shape index (κ1) is 32.0. The second kappa shape index (κ2) is 13.2. The molecule has 0 amide bonds. The van der Waals surface area contributed by atoms with Gasteiger partial charge in [-0.25, -0.2) is 0 Å². The van der Waals surface area contributed by atoms with Gasteiger partial charge in [-0.15, -0.1) is 0 Å². The van der Waals surface area contributed by atoms with Crippen molar-refractivity contribution in [2.45, 2.75) is 0 Å². The topological polar surface area (TPSA) is 16.4 Å². The van der Waals surface area contributed by atoms with Crippen LogP contribution in [0.3, 0.4) is 0 Å². The maximum Gasteiger partial charge on any atom is 0.143 e. The van der Waals surface area contributed by atoms with Gasteiger partial charge in [-0.05, 0) is 109 Å². The van der Waals surface area contributed by atoms with Crippen molar-refractivity contribution in [3.63, 3.8) is 0 Å². The minimum absolute atomic E-state index is 0.900. The van der Waals surface area contributed by atoms with Crippen molar-refractivity contribution < 1.29 is 4.42 Å². The third kappa shape index (κ3) is 5.34. The molecule has 10 aromatic carbocycles. The first-order chi connectivity index (χ1) is 27.8. The van der Waals surface area contributed by atoms with Crippen molar-refractivity contribution in [3.8, 4) is 33.4 Å². The minimum Gasteiger partial charge on any atom is -0.455 e. The van der Waals surface area contributed by atoms with E-state index in [2.05, 4.69) is 217 Å². The summed E-state index contributed by atoms with van der Waals surface area (Å²) in [6, 6.07) is 76.4. The van der Waals surface area contributed by atoms with E-state index in [1.165, 1.54) is 49.2 Å². The Hall–Kier alpha value is -7.42. The lowest BCUT2D eigenvalue weighted by Crippen LogP contribution is -2.09. The molecule has 0 aliphatic heterocycles. The van der Waals surface area contributed by atoms with Gasteiger partial charge in [-0.2, -0.15) is 0 Å². The first-order valence-electron chi connectivity index (χ1n) is 19.2. The average molecular weight is 714 g/mol. The highest BCUT2D eigenvalue weighted by Crippen LogP contribution is 2.42. The van der Waals surface area contributed by atoms with Gasteiger partial charge in [0.05, 0.1) is 0 Å². The van der Waals surface area contributed by atoms with E-state index in [9.17, 15) is 0 Å². The monoisotopic (exact) mass is 713 g/mol. The molecule has 0 bridgehead atoms. The van der Waals surface area contributed by atoms with Gasteiger partial charge in [-0.1, -0.05) is 164 Å². The normalized spacial score (nSPS) is 11.6. The smallest absolute Gasteiger partial charge is 0.143 e. The van der Waals surface area contributed by atoms with Crippen LogP contribution in [0.25, 0.3) is 87.6 Å². The van der Waals surface area contributed by atoms with E-state index < -0.39 is 0 Å². The van der Waals surface area contributed by atoms with E-state index in [1.807, 2.05) is 0 Å². The summed E-state index contributed by atoms with van der Waals surface area (Å²) in [5.41, 5.74) is 12.2. The fourth-order valence-electron chi connectivity index (χ4n) is 8.55. The molecule has 0 atom stereocenters. The van der Waals surface area contributed by atoms with Crippen LogP contribution in [0, 0.1) is 0 Å². The van der Waals surface area contributed by atoms with E-state index in [1.54, 1.807) is 0 Å². The molecule has 0 radical (unpaired) electrons. The summed E-state index contributed by atoms with van der Waals surface area (Å²) in [5, 5.41) is 9.67. The summed E-state index contributed by atoms with van der Waals surface area (Å²) in [5.74, 6) is 0. The van der Waals surface area contributed by atoms with E-state index >= 15 is 0 Å². The predicted octanol–water partition coefficient (Wildman–Crippen LogP) is 15.5. The molecule has 0 aliphatic carbocycles. The molecule has 11 rings (SSSR count). The predicted molar refractivity (Wildman–Crippen MR) is 237 cm³/mol. The molecule has 1 heterocycles. The third-order valence-corrected chi connectivity index (χ3v) is 11.3. The maximum absolute atomic E-state index is 6.52. The Morgan fingerprint density at radius 3 is 1.48 bits per heavy atom. The molecule has 262 valence electrons. The number of rotatable bonds is 6. The van der Waals surface area contributed by atoms with Crippen LogP contribution < -0.4 is 4.90 Å². The van der Waals surface area contributed by atoms with E-state index in [4.69, 9.17) is 4.42 Å². The second-order valence-corrected chi connectivity index (χ2v) is 14.5. The second-order valence-electron chi connectivity index (χ2n) is 14.5. The Morgan fingerprint density at radius 1 is 0.286 bits per heavy atom. The van der Waals surface area contributed by atoms with E-state index in [-0.39, 0.29) is 0 Å². The Balaban J connectivity index is 1.00. The highest BCUT2D eigenvalue weighted by molar-refractivity contribution is 6.19. The number of hydrogen-bond acceptors (Lipinski definition) is 2. The molecule has 1 aromatic heterocycles. The highest BCUT2D eigenvalue weighted by Gasteiger charge is 2.17. The van der Waals surface area contributed by atoms with Crippen LogP contribution in [-0.4, -0.2) is 0 Å². The van der Waals surface area contributed by atoms with Crippen LogP contribution in [0.4, 0.5) is 17.1 Å². The largest absolute Gasteiger partial charge is 0.455 e. The summed E-state index contributed by atoms with van der Waals surface area (Å²) in [6.07, 6.45) is 0. The van der Waals surface area contributed by atoms with Crippen molar-refractivity contribution in [2.24, 2.45) is 0 Å². The molecule has 0 saturated heterocycles. The lowest BCUT2D eigenvalue weighted by Gasteiger charge is -2.26. The molecule has 0 unspecified atom stereocenters. The zero-order valence-electron chi connectivity index (χ0n) is 30.6. The maximum atomic E-state index is 6.52. The number of nitrogens with zero attached hydrogens (tertiary/aromatic N) is 1. The summed E-state index contributed by atoms with van der Waals surface area (Å²) in [7, 11) is 0. The molecule has 56 heavy (non-hydrogen) atoms. The summed E-state index contributed by atoms with van der Waals surface area (Å²) in [6.45, 7) is 0. The van der Waals surface area contributed by atoms with Crippen LogP contribution in [-0.2, 0) is 0 Å². The van der Waals surface area contributed by atoms with Gasteiger partial charge in [0.25, 0.3) is 0 Å². The van der Waals surface area contributed by atoms with Gasteiger partial charge >= 0.3 is 0 Å². The molecule has 11 aromatic rings. The zero-order valence-corrected chi connectivity index (χ0v) is 30.6. The Kier molecular flexibility index (Phi) is 7.53. The molecule has 0 aliphatic rings. The van der Waals surface area contributed by atoms with Gasteiger partial charge in [0.15, 0.2) is 0 Å². The van der Waals surface area contributed by atoms with E-state index in [0.717, 1.165) is 55.5 Å². The fourth-order valence-corrected chi connectivity index (χ4v) is 8.55. The summed E-state index contributed by atoms with van der Waals surface area (Å²) >= 11 is 0. The van der Waals surface area contributed by atoms with Crippen molar-refractivity contribution >= 4 is 71.3 Å². The van der Waals surface area contributed by atoms with Crippen LogP contribution in [0.2, 0.25) is 0 Å². The molecule has 0 N–H and O–H groups in total. The Labute approximate surface area is 325 Å². The zero-order chi connectivity index (χ0) is 37.0. The number of benzene rings is 10. The van der Waals surface area contributed by atoms with Crippen LogP contribution in [0.15, 0.2) is 217 Å². The number of anilines is 3. The Morgan fingerprint density at radius 2 is 0.786 bits per heavy atom. The van der Waals surface area contributed by atoms with Gasteiger partial charge in [0, 0.05) is 33.2 Å². The van der Waals surface area contributed by atoms with Crippen molar-refractivity contribution in [1.29, 1.82) is 0 Å². The van der Waals surface area contributed by atoms with Crippen molar-refractivity contribution in [1.82, 2.24) is 0 Å². The lowest BCUT2D eigenvalue weighted by molar-refractivity contribution is 0.673. The summed E-state index contributed by atoms with van der Waals surface area (Å²) < 4.78 is 6.52. The molecular weight excluding hydrogens is 679 g/mol. The number of hydrogen-bond donors (Lipinski definition) is 0. The lowest BCUT2D eigenvalue weighted by atomic mass is 9.94. The van der Waals surface area contributed by atoms with Gasteiger partial charge in [0.2, 0.25) is 0 Å². The Bertz CT molecular complexity index is 3210. The SMILES string of the molecule is c1ccc(-c2ccc(N(c3ccc(-c4cccc5c4ccc4ccccc45)cc3)c3ccc(-c4cccc5oc6c7ccccc7ccc6c45)cc3)cc2)cc1. The first-order valence-corrected chi connectivity index (χ1v) is 19.2. The fraction of sp³-hybridized carbons (Fsp3) is 0. The number of furan rings is 1. The molecule has 0 saturated carbocycles. The van der Waals surface area contributed by atoms with Gasteiger partial charge < -0.3 is 9.32 Å². The van der Waals surface area contributed by atoms with Gasteiger partial charge in [0.1, 0.15) is 11.2 Å². The molecule has 2 nitrogen and oxygen atoms in total. The van der Waals surface area contributed by atoms with Crippen LogP contribution in [0.5, 0.6) is 0 Å². The average Bonchev–Trinajstić information content (AvgIpc) is 3.67. The summed E-state index contributed by atoms with van der Waals surface area (Å²) in [4.78, 5) is 2.35.